The van der Waals surface area contributed by atoms with Crippen LogP contribution in [0.4, 0.5) is 0 Å². The molecular formula is C12H18BrNOS. The van der Waals surface area contributed by atoms with Crippen LogP contribution in [0.1, 0.15) is 31.9 Å². The first-order valence-corrected chi connectivity index (χ1v) is 7.72. The zero-order chi connectivity index (χ0) is 11.4. The average molecular weight is 304 g/mol. The van der Waals surface area contributed by atoms with Crippen LogP contribution in [0.2, 0.25) is 0 Å². The molecule has 4 heteroatoms. The predicted molar refractivity (Wildman–Crippen MR) is 72.8 cm³/mol. The Hall–Kier alpha value is 0.0700. The predicted octanol–water partition coefficient (Wildman–Crippen LogP) is 3.81. The molecule has 1 aromatic heterocycles. The van der Waals surface area contributed by atoms with Crippen molar-refractivity contribution in [2.75, 3.05) is 5.75 Å². The summed E-state index contributed by atoms with van der Waals surface area (Å²) in [5, 5.41) is 4.41. The lowest BCUT2D eigenvalue weighted by Gasteiger charge is -2.19. The van der Waals surface area contributed by atoms with Crippen LogP contribution < -0.4 is 5.32 Å². The molecule has 0 saturated heterocycles. The third-order valence-corrected chi connectivity index (χ3v) is 5.08. The van der Waals surface area contributed by atoms with E-state index in [1.54, 1.807) is 6.26 Å². The fourth-order valence-electron chi connectivity index (χ4n) is 2.25. The standard InChI is InChI=1S/C12H18BrNOS/c1-2-16-12-5-3-4-10(12)14-8-11-9(13)6-7-15-11/h6-7,10,12,14H,2-5,8H2,1H3. The van der Waals surface area contributed by atoms with E-state index in [0.29, 0.717) is 6.04 Å². The fraction of sp³-hybridized carbons (Fsp3) is 0.667. The van der Waals surface area contributed by atoms with Crippen molar-refractivity contribution >= 4 is 27.7 Å². The van der Waals surface area contributed by atoms with E-state index >= 15 is 0 Å². The Bertz CT molecular complexity index is 329. The molecule has 1 saturated carbocycles. The topological polar surface area (TPSA) is 25.2 Å². The van der Waals surface area contributed by atoms with E-state index in [2.05, 4.69) is 39.9 Å². The van der Waals surface area contributed by atoms with Crippen LogP contribution in [0.25, 0.3) is 0 Å². The van der Waals surface area contributed by atoms with E-state index in [-0.39, 0.29) is 0 Å². The van der Waals surface area contributed by atoms with E-state index < -0.39 is 0 Å². The minimum absolute atomic E-state index is 0.655. The lowest BCUT2D eigenvalue weighted by atomic mass is 10.2. The summed E-state index contributed by atoms with van der Waals surface area (Å²) in [6.07, 6.45) is 5.74. The van der Waals surface area contributed by atoms with Crippen molar-refractivity contribution in [3.05, 3.63) is 22.6 Å². The van der Waals surface area contributed by atoms with Crippen molar-refractivity contribution in [3.63, 3.8) is 0 Å². The van der Waals surface area contributed by atoms with Crippen LogP contribution >= 0.6 is 27.7 Å². The molecule has 0 radical (unpaired) electrons. The lowest BCUT2D eigenvalue weighted by Crippen LogP contribution is -2.33. The highest BCUT2D eigenvalue weighted by molar-refractivity contribution is 9.10. The average Bonchev–Trinajstić information content (AvgIpc) is 2.86. The molecule has 1 heterocycles. The summed E-state index contributed by atoms with van der Waals surface area (Å²) >= 11 is 5.57. The third kappa shape index (κ3) is 3.05. The molecule has 0 amide bonds. The maximum absolute atomic E-state index is 5.40. The van der Waals surface area contributed by atoms with Crippen LogP contribution in [0.15, 0.2) is 21.2 Å². The normalized spacial score (nSPS) is 25.1. The molecule has 1 aromatic rings. The van der Waals surface area contributed by atoms with E-state index in [4.69, 9.17) is 4.42 Å². The van der Waals surface area contributed by atoms with Crippen molar-refractivity contribution in [2.45, 2.75) is 44.0 Å². The van der Waals surface area contributed by atoms with Crippen molar-refractivity contribution < 1.29 is 4.42 Å². The van der Waals surface area contributed by atoms with Gasteiger partial charge in [-0.1, -0.05) is 13.3 Å². The molecule has 0 aromatic carbocycles. The summed E-state index contributed by atoms with van der Waals surface area (Å²) in [4.78, 5) is 0. The Labute approximate surface area is 110 Å². The molecule has 0 bridgehead atoms. The number of hydrogen-bond donors (Lipinski definition) is 1. The van der Waals surface area contributed by atoms with Gasteiger partial charge >= 0.3 is 0 Å². The molecule has 1 aliphatic rings. The second kappa shape index (κ2) is 6.12. The van der Waals surface area contributed by atoms with Gasteiger partial charge in [-0.3, -0.25) is 0 Å². The number of nitrogens with one attached hydrogen (secondary N) is 1. The van der Waals surface area contributed by atoms with Gasteiger partial charge in [0.05, 0.1) is 17.3 Å². The van der Waals surface area contributed by atoms with Gasteiger partial charge in [0.2, 0.25) is 0 Å². The molecule has 2 atom stereocenters. The number of thioether (sulfide) groups is 1. The second-order valence-electron chi connectivity index (χ2n) is 4.10. The van der Waals surface area contributed by atoms with Gasteiger partial charge in [-0.15, -0.1) is 0 Å². The van der Waals surface area contributed by atoms with Gasteiger partial charge < -0.3 is 9.73 Å². The molecule has 16 heavy (non-hydrogen) atoms. The molecule has 90 valence electrons. The summed E-state index contributed by atoms with van der Waals surface area (Å²) in [6.45, 7) is 3.07. The van der Waals surface area contributed by atoms with Crippen molar-refractivity contribution in [3.8, 4) is 0 Å². The molecule has 1 N–H and O–H groups in total. The minimum Gasteiger partial charge on any atom is -0.467 e. The van der Waals surface area contributed by atoms with Crippen LogP contribution in [0.3, 0.4) is 0 Å². The number of halogens is 1. The summed E-state index contributed by atoms with van der Waals surface area (Å²) in [5.74, 6) is 2.22. The number of rotatable bonds is 5. The first-order valence-electron chi connectivity index (χ1n) is 5.88. The third-order valence-electron chi connectivity index (χ3n) is 3.05. The minimum atomic E-state index is 0.655. The zero-order valence-corrected chi connectivity index (χ0v) is 11.9. The van der Waals surface area contributed by atoms with Gasteiger partial charge in [-0.05, 0) is 40.6 Å². The van der Waals surface area contributed by atoms with Crippen molar-refractivity contribution in [1.29, 1.82) is 0 Å². The SMILES string of the molecule is CCSC1CCCC1NCc1occc1Br. The highest BCUT2D eigenvalue weighted by Crippen LogP contribution is 2.30. The summed E-state index contributed by atoms with van der Waals surface area (Å²) in [5.41, 5.74) is 0. The highest BCUT2D eigenvalue weighted by Gasteiger charge is 2.26. The van der Waals surface area contributed by atoms with E-state index in [0.717, 1.165) is 22.0 Å². The van der Waals surface area contributed by atoms with E-state index in [9.17, 15) is 0 Å². The molecule has 0 aliphatic heterocycles. The van der Waals surface area contributed by atoms with Crippen LogP contribution in [-0.2, 0) is 6.54 Å². The molecule has 2 nitrogen and oxygen atoms in total. The van der Waals surface area contributed by atoms with E-state index in [1.807, 2.05) is 6.07 Å². The summed E-state index contributed by atoms with van der Waals surface area (Å²) < 4.78 is 6.47. The van der Waals surface area contributed by atoms with Crippen LogP contribution in [0, 0.1) is 0 Å². The zero-order valence-electron chi connectivity index (χ0n) is 9.54. The van der Waals surface area contributed by atoms with Crippen molar-refractivity contribution in [2.24, 2.45) is 0 Å². The maximum Gasteiger partial charge on any atom is 0.131 e. The van der Waals surface area contributed by atoms with Gasteiger partial charge in [-0.25, -0.2) is 0 Å². The fourth-order valence-corrected chi connectivity index (χ4v) is 3.82. The van der Waals surface area contributed by atoms with Gasteiger partial charge in [-0.2, -0.15) is 11.8 Å². The van der Waals surface area contributed by atoms with Gasteiger partial charge in [0, 0.05) is 11.3 Å². The lowest BCUT2D eigenvalue weighted by molar-refractivity contribution is 0.447. The second-order valence-corrected chi connectivity index (χ2v) is 6.47. The molecule has 2 unspecified atom stereocenters. The molecule has 1 aliphatic carbocycles. The van der Waals surface area contributed by atoms with E-state index in [1.165, 1.54) is 25.0 Å². The Balaban J connectivity index is 1.83. The van der Waals surface area contributed by atoms with Crippen LogP contribution in [0.5, 0.6) is 0 Å². The summed E-state index contributed by atoms with van der Waals surface area (Å²) in [6, 6.07) is 2.60. The molecule has 2 rings (SSSR count). The Morgan fingerprint density at radius 2 is 2.44 bits per heavy atom. The monoisotopic (exact) mass is 303 g/mol. The van der Waals surface area contributed by atoms with Crippen molar-refractivity contribution in [1.82, 2.24) is 5.32 Å². The summed E-state index contributed by atoms with van der Waals surface area (Å²) in [7, 11) is 0. The first kappa shape index (κ1) is 12.5. The molecular weight excluding hydrogens is 286 g/mol. The molecule has 1 fully saturated rings. The van der Waals surface area contributed by atoms with Gasteiger partial charge in [0.15, 0.2) is 0 Å². The maximum atomic E-state index is 5.40. The van der Waals surface area contributed by atoms with Gasteiger partial charge in [0.25, 0.3) is 0 Å². The van der Waals surface area contributed by atoms with Gasteiger partial charge in [0.1, 0.15) is 5.76 Å². The first-order chi connectivity index (χ1) is 7.81. The Kier molecular flexibility index (Phi) is 4.79. The Morgan fingerprint density at radius 1 is 1.56 bits per heavy atom. The highest BCUT2D eigenvalue weighted by atomic mass is 79.9. The van der Waals surface area contributed by atoms with Crippen LogP contribution in [-0.4, -0.2) is 17.0 Å². The quantitative estimate of drug-likeness (QED) is 0.895. The number of furan rings is 1. The molecule has 0 spiro atoms. The largest absolute Gasteiger partial charge is 0.467 e. The Morgan fingerprint density at radius 3 is 3.12 bits per heavy atom. The number of hydrogen-bond acceptors (Lipinski definition) is 3. The smallest absolute Gasteiger partial charge is 0.131 e.